The molecule has 1 atom stereocenters. The second-order valence-electron chi connectivity index (χ2n) is 4.78. The molecule has 0 bridgehead atoms. The first kappa shape index (κ1) is 15.6. The number of benzene rings is 2. The fourth-order valence-corrected chi connectivity index (χ4v) is 3.07. The fourth-order valence-electron chi connectivity index (χ4n) is 2.08. The molecule has 21 heavy (non-hydrogen) atoms. The molecule has 2 nitrogen and oxygen atoms in total. The molecule has 110 valence electrons. The summed E-state index contributed by atoms with van der Waals surface area (Å²) in [5.74, 6) is -1.06. The van der Waals surface area contributed by atoms with Crippen LogP contribution in [0, 0.1) is 11.7 Å². The fraction of sp³-hybridized carbons (Fsp3) is 0.235. The highest BCUT2D eigenvalue weighted by Gasteiger charge is 2.19. The van der Waals surface area contributed by atoms with Crippen molar-refractivity contribution in [1.29, 1.82) is 0 Å². The van der Waals surface area contributed by atoms with Crippen molar-refractivity contribution in [2.75, 3.05) is 5.75 Å². The van der Waals surface area contributed by atoms with Gasteiger partial charge in [-0.15, -0.1) is 11.8 Å². The second-order valence-corrected chi connectivity index (χ2v) is 5.95. The van der Waals surface area contributed by atoms with Crippen molar-refractivity contribution >= 4 is 17.7 Å². The molecule has 0 radical (unpaired) electrons. The van der Waals surface area contributed by atoms with Crippen molar-refractivity contribution < 1.29 is 14.3 Å². The molecule has 0 fully saturated rings. The average Bonchev–Trinajstić information content (AvgIpc) is 2.49. The van der Waals surface area contributed by atoms with Crippen molar-refractivity contribution in [3.8, 4) is 0 Å². The molecule has 2 aromatic rings. The van der Waals surface area contributed by atoms with E-state index in [1.54, 1.807) is 30.0 Å². The zero-order valence-corrected chi connectivity index (χ0v) is 12.4. The first-order chi connectivity index (χ1) is 10.2. The van der Waals surface area contributed by atoms with Gasteiger partial charge in [-0.25, -0.2) is 4.39 Å². The van der Waals surface area contributed by atoms with Gasteiger partial charge in [0.05, 0.1) is 5.92 Å². The van der Waals surface area contributed by atoms with Gasteiger partial charge in [-0.05, 0) is 42.4 Å². The van der Waals surface area contributed by atoms with Gasteiger partial charge < -0.3 is 5.11 Å². The van der Waals surface area contributed by atoms with E-state index in [4.69, 9.17) is 0 Å². The van der Waals surface area contributed by atoms with Gasteiger partial charge in [-0.1, -0.05) is 36.4 Å². The van der Waals surface area contributed by atoms with Crippen LogP contribution in [0.5, 0.6) is 0 Å². The Morgan fingerprint density at radius 3 is 2.43 bits per heavy atom. The third kappa shape index (κ3) is 4.90. The number of carboxylic acid groups (broad SMARTS) is 1. The monoisotopic (exact) mass is 304 g/mol. The number of hydrogen-bond donors (Lipinski definition) is 1. The molecule has 0 heterocycles. The van der Waals surface area contributed by atoms with Gasteiger partial charge in [0.2, 0.25) is 0 Å². The van der Waals surface area contributed by atoms with Crippen LogP contribution in [0.2, 0.25) is 0 Å². The molecule has 0 saturated carbocycles. The van der Waals surface area contributed by atoms with Crippen molar-refractivity contribution in [2.24, 2.45) is 5.92 Å². The van der Waals surface area contributed by atoms with Crippen LogP contribution in [0.4, 0.5) is 4.39 Å². The topological polar surface area (TPSA) is 37.3 Å². The summed E-state index contributed by atoms with van der Waals surface area (Å²) in [5.41, 5.74) is 0.467. The van der Waals surface area contributed by atoms with Crippen LogP contribution in [0.1, 0.15) is 12.0 Å². The standard InChI is InChI=1S/C17H17FO2S/c18-16-9-5-4-6-13(16)12-14(17(19)20)10-11-21-15-7-2-1-3-8-15/h1-9,14H,10-12H2,(H,19,20). The smallest absolute Gasteiger partial charge is 0.306 e. The SMILES string of the molecule is O=C(O)C(CCSc1ccccc1)Cc1ccccc1F. The molecular formula is C17H17FO2S. The van der Waals surface area contributed by atoms with Crippen molar-refractivity contribution in [1.82, 2.24) is 0 Å². The van der Waals surface area contributed by atoms with Crippen molar-refractivity contribution in [2.45, 2.75) is 17.7 Å². The maximum absolute atomic E-state index is 13.6. The number of carboxylic acids is 1. The summed E-state index contributed by atoms with van der Waals surface area (Å²) >= 11 is 1.62. The number of hydrogen-bond acceptors (Lipinski definition) is 2. The van der Waals surface area contributed by atoms with Gasteiger partial charge in [0.15, 0.2) is 0 Å². The summed E-state index contributed by atoms with van der Waals surface area (Å²) in [6.07, 6.45) is 0.751. The van der Waals surface area contributed by atoms with Crippen LogP contribution in [0.3, 0.4) is 0 Å². The van der Waals surface area contributed by atoms with E-state index >= 15 is 0 Å². The van der Waals surface area contributed by atoms with E-state index in [0.29, 0.717) is 17.7 Å². The normalized spacial score (nSPS) is 12.0. The maximum Gasteiger partial charge on any atom is 0.306 e. The minimum atomic E-state index is -0.869. The molecule has 2 rings (SSSR count). The molecule has 1 unspecified atom stereocenters. The van der Waals surface area contributed by atoms with E-state index in [-0.39, 0.29) is 12.2 Å². The predicted molar refractivity (Wildman–Crippen MR) is 83.0 cm³/mol. The van der Waals surface area contributed by atoms with E-state index in [1.807, 2.05) is 30.3 Å². The minimum Gasteiger partial charge on any atom is -0.481 e. The van der Waals surface area contributed by atoms with Gasteiger partial charge >= 0.3 is 5.97 Å². The first-order valence-corrected chi connectivity index (χ1v) is 7.79. The lowest BCUT2D eigenvalue weighted by molar-refractivity contribution is -0.141. The Balaban J connectivity index is 1.91. The Bertz CT molecular complexity index is 586. The summed E-state index contributed by atoms with van der Waals surface area (Å²) in [7, 11) is 0. The molecule has 4 heteroatoms. The van der Waals surface area contributed by atoms with Gasteiger partial charge in [-0.3, -0.25) is 4.79 Å². The maximum atomic E-state index is 13.6. The van der Waals surface area contributed by atoms with Gasteiger partial charge in [0, 0.05) is 4.90 Å². The third-order valence-corrected chi connectivity index (χ3v) is 4.30. The van der Waals surface area contributed by atoms with Crippen LogP contribution in [0.15, 0.2) is 59.5 Å². The number of rotatable bonds is 7. The Kier molecular flexibility index (Phi) is 5.81. The molecule has 0 aliphatic heterocycles. The molecule has 1 N–H and O–H groups in total. The number of halogens is 1. The van der Waals surface area contributed by atoms with E-state index < -0.39 is 11.9 Å². The predicted octanol–water partition coefficient (Wildman–Crippen LogP) is 4.25. The lowest BCUT2D eigenvalue weighted by Crippen LogP contribution is -2.18. The molecule has 0 spiro atoms. The average molecular weight is 304 g/mol. The van der Waals surface area contributed by atoms with Gasteiger partial charge in [0.25, 0.3) is 0 Å². The summed E-state index contributed by atoms with van der Waals surface area (Å²) in [4.78, 5) is 12.4. The van der Waals surface area contributed by atoms with E-state index in [9.17, 15) is 14.3 Å². The highest BCUT2D eigenvalue weighted by atomic mass is 32.2. The Morgan fingerprint density at radius 2 is 1.76 bits per heavy atom. The van der Waals surface area contributed by atoms with Crippen molar-refractivity contribution in [3.05, 3.63) is 66.0 Å². The quantitative estimate of drug-likeness (QED) is 0.777. The van der Waals surface area contributed by atoms with Crippen LogP contribution in [-0.2, 0) is 11.2 Å². The Hall–Kier alpha value is -1.81. The second kappa shape index (κ2) is 7.84. The molecule has 0 aliphatic rings. The highest BCUT2D eigenvalue weighted by Crippen LogP contribution is 2.22. The van der Waals surface area contributed by atoms with Crippen LogP contribution < -0.4 is 0 Å². The first-order valence-electron chi connectivity index (χ1n) is 6.81. The van der Waals surface area contributed by atoms with E-state index in [2.05, 4.69) is 0 Å². The Labute approximate surface area is 128 Å². The largest absolute Gasteiger partial charge is 0.481 e. The summed E-state index contributed by atoms with van der Waals surface area (Å²) < 4.78 is 13.6. The van der Waals surface area contributed by atoms with Gasteiger partial charge in [0.1, 0.15) is 5.82 Å². The molecule has 2 aromatic carbocycles. The molecule has 0 amide bonds. The Morgan fingerprint density at radius 1 is 1.10 bits per heavy atom. The minimum absolute atomic E-state index is 0.233. The molecule has 0 saturated heterocycles. The lowest BCUT2D eigenvalue weighted by Gasteiger charge is -2.12. The number of aliphatic carboxylic acids is 1. The summed E-state index contributed by atoms with van der Waals surface area (Å²) in [6.45, 7) is 0. The van der Waals surface area contributed by atoms with Crippen molar-refractivity contribution in [3.63, 3.8) is 0 Å². The molecular weight excluding hydrogens is 287 g/mol. The molecule has 0 aliphatic carbocycles. The number of carbonyl (C=O) groups is 1. The molecule has 0 aromatic heterocycles. The third-order valence-electron chi connectivity index (χ3n) is 3.25. The summed E-state index contributed by atoms with van der Waals surface area (Å²) in [5, 5.41) is 9.29. The van der Waals surface area contributed by atoms with Crippen LogP contribution in [-0.4, -0.2) is 16.8 Å². The number of thioether (sulfide) groups is 1. The zero-order chi connectivity index (χ0) is 15.1. The van der Waals surface area contributed by atoms with Gasteiger partial charge in [-0.2, -0.15) is 0 Å². The van der Waals surface area contributed by atoms with Crippen LogP contribution >= 0.6 is 11.8 Å². The van der Waals surface area contributed by atoms with E-state index in [0.717, 1.165) is 4.90 Å². The highest BCUT2D eigenvalue weighted by molar-refractivity contribution is 7.99. The van der Waals surface area contributed by atoms with Crippen LogP contribution in [0.25, 0.3) is 0 Å². The summed E-state index contributed by atoms with van der Waals surface area (Å²) in [6, 6.07) is 16.2. The lowest BCUT2D eigenvalue weighted by atomic mass is 9.97. The zero-order valence-electron chi connectivity index (χ0n) is 11.5. The van der Waals surface area contributed by atoms with E-state index in [1.165, 1.54) is 6.07 Å².